The van der Waals surface area contributed by atoms with Crippen LogP contribution in [0.2, 0.25) is 0 Å². The lowest BCUT2D eigenvalue weighted by Crippen LogP contribution is -2.23. The summed E-state index contributed by atoms with van der Waals surface area (Å²) < 4.78 is 2.57. The van der Waals surface area contributed by atoms with E-state index in [0.717, 1.165) is 20.9 Å². The van der Waals surface area contributed by atoms with Gasteiger partial charge in [0.1, 0.15) is 0 Å². The Morgan fingerprint density at radius 1 is 1.39 bits per heavy atom. The smallest absolute Gasteiger partial charge is 0.251 e. The van der Waals surface area contributed by atoms with Crippen molar-refractivity contribution in [2.24, 2.45) is 0 Å². The van der Waals surface area contributed by atoms with Gasteiger partial charge in [-0.25, -0.2) is 0 Å². The Morgan fingerprint density at radius 3 is 2.83 bits per heavy atom. The number of nitrogens with zero attached hydrogens (tertiary/aromatic N) is 1. The molecule has 0 radical (unpaired) electrons. The summed E-state index contributed by atoms with van der Waals surface area (Å²) in [7, 11) is 1.85. The molecule has 0 amide bonds. The highest BCUT2D eigenvalue weighted by Crippen LogP contribution is 2.22. The predicted molar refractivity (Wildman–Crippen MR) is 75.8 cm³/mol. The zero-order valence-electron chi connectivity index (χ0n) is 10.1. The van der Waals surface area contributed by atoms with E-state index < -0.39 is 0 Å². The van der Waals surface area contributed by atoms with Crippen molar-refractivity contribution in [3.63, 3.8) is 0 Å². The van der Waals surface area contributed by atoms with Crippen molar-refractivity contribution in [2.75, 3.05) is 13.7 Å². The molecule has 2 aromatic rings. The van der Waals surface area contributed by atoms with Gasteiger partial charge in [-0.05, 0) is 30.8 Å². The van der Waals surface area contributed by atoms with Gasteiger partial charge in [-0.3, -0.25) is 4.79 Å². The number of hydrogen-bond donors (Lipinski definition) is 2. The molecule has 1 heterocycles. The van der Waals surface area contributed by atoms with Crippen LogP contribution in [0.4, 0.5) is 0 Å². The molecule has 96 valence electrons. The number of aromatic nitrogens is 1. The maximum absolute atomic E-state index is 12.0. The fourth-order valence-electron chi connectivity index (χ4n) is 2.09. The van der Waals surface area contributed by atoms with Gasteiger partial charge in [-0.15, -0.1) is 0 Å². The molecule has 18 heavy (non-hydrogen) atoms. The molecule has 5 heteroatoms. The van der Waals surface area contributed by atoms with Crippen molar-refractivity contribution in [3.05, 3.63) is 44.7 Å². The molecule has 0 aliphatic carbocycles. The van der Waals surface area contributed by atoms with E-state index in [1.54, 1.807) is 10.6 Å². The van der Waals surface area contributed by atoms with Gasteiger partial charge in [-0.1, -0.05) is 15.9 Å². The average molecular weight is 311 g/mol. The Balaban J connectivity index is 2.76. The van der Waals surface area contributed by atoms with Crippen molar-refractivity contribution in [3.8, 4) is 0 Å². The number of halogens is 1. The number of benzene rings is 1. The molecular formula is C13H15BrN2O2. The molecule has 0 unspecified atom stereocenters. The van der Waals surface area contributed by atoms with Crippen LogP contribution in [0.3, 0.4) is 0 Å². The maximum Gasteiger partial charge on any atom is 0.251 e. The van der Waals surface area contributed by atoms with Crippen LogP contribution in [0.15, 0.2) is 33.5 Å². The summed E-state index contributed by atoms with van der Waals surface area (Å²) in [6.07, 6.45) is 0. The molecule has 0 saturated heterocycles. The molecule has 1 aromatic carbocycles. The highest BCUT2D eigenvalue weighted by Gasteiger charge is 2.08. The molecule has 0 saturated carbocycles. The zero-order chi connectivity index (χ0) is 13.1. The minimum Gasteiger partial charge on any atom is -0.395 e. The zero-order valence-corrected chi connectivity index (χ0v) is 11.7. The topological polar surface area (TPSA) is 54.3 Å². The summed E-state index contributed by atoms with van der Waals surface area (Å²) in [5.41, 5.74) is 1.74. The van der Waals surface area contributed by atoms with Crippen LogP contribution < -0.4 is 10.9 Å². The van der Waals surface area contributed by atoms with E-state index in [0.29, 0.717) is 13.1 Å². The van der Waals surface area contributed by atoms with E-state index in [4.69, 9.17) is 5.11 Å². The number of aliphatic hydroxyl groups is 1. The van der Waals surface area contributed by atoms with Gasteiger partial charge in [0.2, 0.25) is 0 Å². The number of fused-ring (bicyclic) bond motifs is 1. The summed E-state index contributed by atoms with van der Waals surface area (Å²) in [6.45, 7) is 0.912. The first-order valence-electron chi connectivity index (χ1n) is 5.75. The Kier molecular flexibility index (Phi) is 4.16. The molecule has 2 N–H and O–H groups in total. The predicted octanol–water partition coefficient (Wildman–Crippen LogP) is 1.48. The SMILES string of the molecule is CNCc1cc(=O)n(CCO)c2ccc(Br)cc12. The fourth-order valence-corrected chi connectivity index (χ4v) is 2.45. The summed E-state index contributed by atoms with van der Waals surface area (Å²) >= 11 is 3.44. The van der Waals surface area contributed by atoms with E-state index in [1.807, 2.05) is 25.2 Å². The van der Waals surface area contributed by atoms with E-state index in [9.17, 15) is 4.79 Å². The first-order valence-corrected chi connectivity index (χ1v) is 6.54. The highest BCUT2D eigenvalue weighted by molar-refractivity contribution is 9.10. The first-order chi connectivity index (χ1) is 8.67. The monoisotopic (exact) mass is 310 g/mol. The molecule has 0 aliphatic rings. The summed E-state index contributed by atoms with van der Waals surface area (Å²) in [5.74, 6) is 0. The molecule has 4 nitrogen and oxygen atoms in total. The molecule has 1 aromatic heterocycles. The van der Waals surface area contributed by atoms with Crippen molar-refractivity contribution >= 4 is 26.8 Å². The molecular weight excluding hydrogens is 296 g/mol. The number of pyridine rings is 1. The molecule has 2 rings (SSSR count). The van der Waals surface area contributed by atoms with Gasteiger partial charge in [0.05, 0.1) is 12.1 Å². The summed E-state index contributed by atoms with van der Waals surface area (Å²) in [4.78, 5) is 12.0. The second kappa shape index (κ2) is 5.65. The van der Waals surface area contributed by atoms with Crippen LogP contribution in [-0.4, -0.2) is 23.3 Å². The van der Waals surface area contributed by atoms with Gasteiger partial charge in [-0.2, -0.15) is 0 Å². The van der Waals surface area contributed by atoms with Crippen LogP contribution in [0.25, 0.3) is 10.9 Å². The Hall–Kier alpha value is -1.17. The second-order valence-corrected chi connectivity index (χ2v) is 4.99. The molecule has 0 spiro atoms. The third kappa shape index (κ3) is 2.48. The third-order valence-corrected chi connectivity index (χ3v) is 3.34. The van der Waals surface area contributed by atoms with Crippen LogP contribution in [0.5, 0.6) is 0 Å². The van der Waals surface area contributed by atoms with Crippen molar-refractivity contribution in [2.45, 2.75) is 13.1 Å². The van der Waals surface area contributed by atoms with E-state index in [1.165, 1.54) is 0 Å². The van der Waals surface area contributed by atoms with Crippen molar-refractivity contribution in [1.29, 1.82) is 0 Å². The normalized spacial score (nSPS) is 11.1. The minimum atomic E-state index is -0.0795. The van der Waals surface area contributed by atoms with E-state index in [-0.39, 0.29) is 12.2 Å². The second-order valence-electron chi connectivity index (χ2n) is 4.07. The van der Waals surface area contributed by atoms with Crippen molar-refractivity contribution < 1.29 is 5.11 Å². The number of hydrogen-bond acceptors (Lipinski definition) is 3. The first kappa shape index (κ1) is 13.3. The molecule has 0 fully saturated rings. The van der Waals surface area contributed by atoms with Gasteiger partial charge in [0.15, 0.2) is 0 Å². The standard InChI is InChI=1S/C13H15BrN2O2/c1-15-8-9-6-13(18)16(4-5-17)12-3-2-10(14)7-11(9)12/h2-3,6-7,15,17H,4-5,8H2,1H3. The van der Waals surface area contributed by atoms with Gasteiger partial charge in [0.25, 0.3) is 5.56 Å². The summed E-state index contributed by atoms with van der Waals surface area (Å²) in [5, 5.41) is 13.1. The number of rotatable bonds is 4. The number of nitrogens with one attached hydrogen (secondary N) is 1. The lowest BCUT2D eigenvalue weighted by molar-refractivity contribution is 0.276. The van der Waals surface area contributed by atoms with Gasteiger partial charge >= 0.3 is 0 Å². The van der Waals surface area contributed by atoms with Crippen LogP contribution in [0.1, 0.15) is 5.56 Å². The Bertz CT molecular complexity index is 622. The van der Waals surface area contributed by atoms with Crippen molar-refractivity contribution in [1.82, 2.24) is 9.88 Å². The van der Waals surface area contributed by atoms with Gasteiger partial charge < -0.3 is 15.0 Å². The lowest BCUT2D eigenvalue weighted by atomic mass is 10.1. The molecule has 0 atom stereocenters. The van der Waals surface area contributed by atoms with Crippen LogP contribution in [0, 0.1) is 0 Å². The number of aliphatic hydroxyl groups excluding tert-OH is 1. The minimum absolute atomic E-state index is 0.0452. The van der Waals surface area contributed by atoms with E-state index >= 15 is 0 Å². The van der Waals surface area contributed by atoms with Crippen LogP contribution >= 0.6 is 15.9 Å². The molecule has 0 bridgehead atoms. The molecule has 0 aliphatic heterocycles. The third-order valence-electron chi connectivity index (χ3n) is 2.85. The Labute approximate surface area is 113 Å². The maximum atomic E-state index is 12.0. The Morgan fingerprint density at radius 2 is 2.17 bits per heavy atom. The lowest BCUT2D eigenvalue weighted by Gasteiger charge is -2.12. The van der Waals surface area contributed by atoms with E-state index in [2.05, 4.69) is 21.2 Å². The fraction of sp³-hybridized carbons (Fsp3) is 0.308. The van der Waals surface area contributed by atoms with Gasteiger partial charge in [0, 0.05) is 29.0 Å². The highest BCUT2D eigenvalue weighted by atomic mass is 79.9. The quantitative estimate of drug-likeness (QED) is 0.899. The van der Waals surface area contributed by atoms with Crippen LogP contribution in [-0.2, 0) is 13.1 Å². The summed E-state index contributed by atoms with van der Waals surface area (Å²) in [6, 6.07) is 7.42. The largest absolute Gasteiger partial charge is 0.395 e. The average Bonchev–Trinajstić information content (AvgIpc) is 2.34.